The highest BCUT2D eigenvalue weighted by Crippen LogP contribution is 2.32. The Bertz CT molecular complexity index is 700. The van der Waals surface area contributed by atoms with Crippen LogP contribution < -0.4 is 15.0 Å². The van der Waals surface area contributed by atoms with Gasteiger partial charge in [0.2, 0.25) is 5.91 Å². The van der Waals surface area contributed by atoms with E-state index in [1.807, 2.05) is 0 Å². The smallest absolute Gasteiger partial charge is 0.326 e. The maximum absolute atomic E-state index is 12.1. The van der Waals surface area contributed by atoms with Gasteiger partial charge in [0.15, 0.2) is 12.4 Å². The number of fused-ring (bicyclic) bond motifs is 1. The molecular formula is C16H18N2O6. The van der Waals surface area contributed by atoms with Crippen LogP contribution in [0.1, 0.15) is 30.6 Å². The molecule has 1 aromatic rings. The Labute approximate surface area is 138 Å². The minimum absolute atomic E-state index is 0.183. The fraction of sp³-hybridized carbons (Fsp3) is 0.375. The molecule has 1 heterocycles. The molecule has 1 atom stereocenters. The normalized spacial score (nSPS) is 14.4. The van der Waals surface area contributed by atoms with Gasteiger partial charge in [-0.1, -0.05) is 6.92 Å². The van der Waals surface area contributed by atoms with Gasteiger partial charge in [-0.2, -0.15) is 0 Å². The number of aliphatic carboxylic acids is 1. The van der Waals surface area contributed by atoms with E-state index < -0.39 is 23.8 Å². The van der Waals surface area contributed by atoms with Gasteiger partial charge in [-0.25, -0.2) is 4.79 Å². The van der Waals surface area contributed by atoms with Crippen molar-refractivity contribution in [1.29, 1.82) is 0 Å². The number of ether oxygens (including phenoxy) is 1. The second-order valence-electron chi connectivity index (χ2n) is 5.37. The molecule has 0 aromatic heterocycles. The number of nitrogens with zero attached hydrogens (tertiary/aromatic N) is 1. The molecular weight excluding hydrogens is 316 g/mol. The lowest BCUT2D eigenvalue weighted by Crippen LogP contribution is -2.49. The first-order valence-corrected chi connectivity index (χ1v) is 7.43. The summed E-state index contributed by atoms with van der Waals surface area (Å²) in [6.45, 7) is 2.45. The summed E-state index contributed by atoms with van der Waals surface area (Å²) >= 11 is 0. The monoisotopic (exact) mass is 334 g/mol. The second-order valence-corrected chi connectivity index (χ2v) is 5.37. The van der Waals surface area contributed by atoms with Gasteiger partial charge >= 0.3 is 5.97 Å². The lowest BCUT2D eigenvalue weighted by Gasteiger charge is -2.29. The number of carboxylic acid groups (broad SMARTS) is 1. The number of carbonyl (C=O) groups is 4. The number of benzene rings is 1. The van der Waals surface area contributed by atoms with E-state index in [-0.39, 0.29) is 25.4 Å². The van der Waals surface area contributed by atoms with Crippen LogP contribution in [0.15, 0.2) is 18.2 Å². The molecule has 2 amide bonds. The summed E-state index contributed by atoms with van der Waals surface area (Å²) in [5.74, 6) is -1.98. The summed E-state index contributed by atoms with van der Waals surface area (Å²) in [7, 11) is 0. The van der Waals surface area contributed by atoms with Crippen LogP contribution in [0, 0.1) is 0 Å². The molecule has 1 aromatic carbocycles. The number of amides is 2. The van der Waals surface area contributed by atoms with Gasteiger partial charge in [0, 0.05) is 5.56 Å². The van der Waals surface area contributed by atoms with Crippen molar-refractivity contribution in [1.82, 2.24) is 5.32 Å². The Morgan fingerprint density at radius 3 is 2.67 bits per heavy atom. The molecule has 0 saturated heterocycles. The standard InChI is InChI=1S/C16H18N2O6/c1-3-11(16(22)23)17-14(20)7-18-12-6-10(9(2)19)4-5-13(12)24-8-15(18)21/h4-6,11H,3,7-8H2,1-2H3,(H,17,20)(H,22,23). The van der Waals surface area contributed by atoms with Crippen LogP contribution in [0.5, 0.6) is 5.75 Å². The Hall–Kier alpha value is -2.90. The van der Waals surface area contributed by atoms with Crippen molar-refractivity contribution in [2.75, 3.05) is 18.1 Å². The fourth-order valence-corrected chi connectivity index (χ4v) is 2.32. The summed E-state index contributed by atoms with van der Waals surface area (Å²) in [4.78, 5) is 47.9. The molecule has 0 radical (unpaired) electrons. The number of rotatable bonds is 6. The van der Waals surface area contributed by atoms with Gasteiger partial charge in [0.25, 0.3) is 5.91 Å². The van der Waals surface area contributed by atoms with Crippen molar-refractivity contribution in [3.63, 3.8) is 0 Å². The molecule has 0 fully saturated rings. The highest BCUT2D eigenvalue weighted by atomic mass is 16.5. The third kappa shape index (κ3) is 3.70. The molecule has 0 saturated carbocycles. The van der Waals surface area contributed by atoms with Crippen molar-refractivity contribution in [3.05, 3.63) is 23.8 Å². The van der Waals surface area contributed by atoms with Crippen molar-refractivity contribution in [2.45, 2.75) is 26.3 Å². The summed E-state index contributed by atoms with van der Waals surface area (Å²) in [6, 6.07) is 3.61. The molecule has 1 aliphatic heterocycles. The Morgan fingerprint density at radius 1 is 1.38 bits per heavy atom. The van der Waals surface area contributed by atoms with E-state index in [1.165, 1.54) is 17.9 Å². The summed E-state index contributed by atoms with van der Waals surface area (Å²) in [5.41, 5.74) is 0.701. The topological polar surface area (TPSA) is 113 Å². The van der Waals surface area contributed by atoms with Crippen LogP contribution in [-0.2, 0) is 14.4 Å². The predicted molar refractivity (Wildman–Crippen MR) is 84.2 cm³/mol. The van der Waals surface area contributed by atoms with Gasteiger partial charge in [-0.3, -0.25) is 19.3 Å². The molecule has 0 spiro atoms. The van der Waals surface area contributed by atoms with Crippen LogP contribution in [0.4, 0.5) is 5.69 Å². The van der Waals surface area contributed by atoms with Crippen LogP contribution in [0.25, 0.3) is 0 Å². The molecule has 8 nitrogen and oxygen atoms in total. The van der Waals surface area contributed by atoms with E-state index >= 15 is 0 Å². The van der Waals surface area contributed by atoms with Gasteiger partial charge in [0.1, 0.15) is 18.3 Å². The van der Waals surface area contributed by atoms with Gasteiger partial charge in [-0.15, -0.1) is 0 Å². The van der Waals surface area contributed by atoms with Crippen LogP contribution in [0.3, 0.4) is 0 Å². The second kappa shape index (κ2) is 7.12. The van der Waals surface area contributed by atoms with E-state index in [9.17, 15) is 19.2 Å². The van der Waals surface area contributed by atoms with Crippen molar-refractivity contribution in [3.8, 4) is 5.75 Å². The Balaban J connectivity index is 2.23. The van der Waals surface area contributed by atoms with E-state index in [4.69, 9.17) is 9.84 Å². The largest absolute Gasteiger partial charge is 0.482 e. The van der Waals surface area contributed by atoms with Crippen LogP contribution in [-0.4, -0.2) is 47.9 Å². The Morgan fingerprint density at radius 2 is 2.08 bits per heavy atom. The zero-order valence-corrected chi connectivity index (χ0v) is 13.4. The molecule has 2 rings (SSSR count). The summed E-state index contributed by atoms with van der Waals surface area (Å²) in [5, 5.41) is 11.3. The quantitative estimate of drug-likeness (QED) is 0.736. The lowest BCUT2D eigenvalue weighted by atomic mass is 10.1. The number of hydrogen-bond donors (Lipinski definition) is 2. The molecule has 1 aliphatic rings. The number of carboxylic acids is 1. The lowest BCUT2D eigenvalue weighted by molar-refractivity contribution is -0.141. The van der Waals surface area contributed by atoms with Gasteiger partial charge in [0.05, 0.1) is 5.69 Å². The van der Waals surface area contributed by atoms with Crippen molar-refractivity contribution in [2.24, 2.45) is 0 Å². The predicted octanol–water partition coefficient (Wildman–Crippen LogP) is 0.594. The SMILES string of the molecule is CCC(NC(=O)CN1C(=O)COc2ccc(C(C)=O)cc21)C(=O)O. The van der Waals surface area contributed by atoms with E-state index in [0.29, 0.717) is 17.0 Å². The summed E-state index contributed by atoms with van der Waals surface area (Å²) < 4.78 is 5.29. The van der Waals surface area contributed by atoms with Crippen molar-refractivity contribution < 1.29 is 29.0 Å². The fourth-order valence-electron chi connectivity index (χ4n) is 2.32. The average molecular weight is 334 g/mol. The van der Waals surface area contributed by atoms with E-state index in [2.05, 4.69) is 5.32 Å². The minimum Gasteiger partial charge on any atom is -0.482 e. The average Bonchev–Trinajstić information content (AvgIpc) is 2.54. The number of hydrogen-bond acceptors (Lipinski definition) is 5. The molecule has 24 heavy (non-hydrogen) atoms. The number of Topliss-reactive ketones (excluding diaryl/α,β-unsaturated/α-hetero) is 1. The molecule has 1 unspecified atom stereocenters. The number of anilines is 1. The van der Waals surface area contributed by atoms with E-state index in [0.717, 1.165) is 0 Å². The molecule has 8 heteroatoms. The van der Waals surface area contributed by atoms with Crippen LogP contribution >= 0.6 is 0 Å². The summed E-state index contributed by atoms with van der Waals surface area (Å²) in [6.07, 6.45) is 0.225. The first kappa shape index (κ1) is 17.5. The number of nitrogens with one attached hydrogen (secondary N) is 1. The van der Waals surface area contributed by atoms with Crippen LogP contribution in [0.2, 0.25) is 0 Å². The third-order valence-electron chi connectivity index (χ3n) is 3.65. The molecule has 128 valence electrons. The van der Waals surface area contributed by atoms with Crippen molar-refractivity contribution >= 4 is 29.3 Å². The Kier molecular flexibility index (Phi) is 5.18. The maximum atomic E-state index is 12.1. The highest BCUT2D eigenvalue weighted by Gasteiger charge is 2.29. The minimum atomic E-state index is -1.14. The third-order valence-corrected chi connectivity index (χ3v) is 3.65. The molecule has 0 bridgehead atoms. The number of carbonyl (C=O) groups excluding carboxylic acids is 3. The number of ketones is 1. The van der Waals surface area contributed by atoms with E-state index in [1.54, 1.807) is 19.1 Å². The maximum Gasteiger partial charge on any atom is 0.326 e. The highest BCUT2D eigenvalue weighted by molar-refractivity contribution is 6.04. The van der Waals surface area contributed by atoms with Gasteiger partial charge < -0.3 is 15.2 Å². The first-order chi connectivity index (χ1) is 11.3. The molecule has 0 aliphatic carbocycles. The first-order valence-electron chi connectivity index (χ1n) is 7.43. The zero-order valence-electron chi connectivity index (χ0n) is 13.4. The van der Waals surface area contributed by atoms with Gasteiger partial charge in [-0.05, 0) is 31.5 Å². The molecule has 2 N–H and O–H groups in total. The zero-order chi connectivity index (χ0) is 17.9.